The van der Waals surface area contributed by atoms with Gasteiger partial charge >= 0.3 is 0 Å². The van der Waals surface area contributed by atoms with Crippen molar-refractivity contribution in [2.24, 2.45) is 0 Å². The van der Waals surface area contributed by atoms with Crippen molar-refractivity contribution in [3.05, 3.63) is 224 Å². The maximum atomic E-state index is 7.20. The third kappa shape index (κ3) is 5.35. The van der Waals surface area contributed by atoms with E-state index in [0.717, 1.165) is 61.3 Å². The van der Waals surface area contributed by atoms with Gasteiger partial charge in [0.25, 0.3) is 0 Å². The molecule has 0 aliphatic heterocycles. The van der Waals surface area contributed by atoms with Crippen molar-refractivity contribution in [1.82, 2.24) is 0 Å². The average molecular weight is 764 g/mol. The zero-order chi connectivity index (χ0) is 39.6. The second-order valence-corrected chi connectivity index (χ2v) is 15.6. The molecule has 0 saturated heterocycles. The zero-order valence-electron chi connectivity index (χ0n) is 32.7. The van der Waals surface area contributed by atoms with Gasteiger partial charge in [0.2, 0.25) is 0 Å². The summed E-state index contributed by atoms with van der Waals surface area (Å²) in [5, 5.41) is 12.0. The van der Waals surface area contributed by atoms with Crippen LogP contribution in [-0.2, 0) is 0 Å². The first kappa shape index (κ1) is 34.1. The zero-order valence-corrected chi connectivity index (χ0v) is 32.7. The summed E-state index contributed by atoms with van der Waals surface area (Å²) in [6, 6.07) is 81.2. The predicted octanol–water partition coefficient (Wildman–Crippen LogP) is 16.7. The number of fused-ring (bicyclic) bond motifs is 9. The molecule has 0 radical (unpaired) electrons. The minimum atomic E-state index is 0.840. The first-order chi connectivity index (χ1) is 29.8. The number of hydrogen-bond donors (Lipinski definition) is 0. The van der Waals surface area contributed by atoms with Crippen LogP contribution in [-0.4, -0.2) is 0 Å². The predicted molar refractivity (Wildman–Crippen MR) is 255 cm³/mol. The van der Waals surface area contributed by atoms with Crippen LogP contribution in [0.2, 0.25) is 0 Å². The van der Waals surface area contributed by atoms with Crippen molar-refractivity contribution < 1.29 is 4.42 Å². The molecule has 0 N–H and O–H groups in total. The van der Waals surface area contributed by atoms with Gasteiger partial charge in [-0.1, -0.05) is 194 Å². The van der Waals surface area contributed by atoms with E-state index in [1.807, 2.05) is 0 Å². The standard InChI is InChI=1S/C58H37NO/c1-2-18-38(19-3-1)43-30-16-31-50-51-32-17-35-56(58(51)60-57(43)50)59(54-33-14-12-28-48(54)52-36-39-20-4-6-22-41(39)44-24-8-10-26-46(44)52)55-34-15-13-29-49(55)53-37-40-21-5-7-23-42(40)45-25-9-11-27-47(45)53/h1-37H. The molecule has 0 amide bonds. The summed E-state index contributed by atoms with van der Waals surface area (Å²) in [5.41, 5.74) is 11.7. The Hall–Kier alpha value is -7.94. The van der Waals surface area contributed by atoms with E-state index in [0.29, 0.717) is 0 Å². The Kier molecular flexibility index (Phi) is 7.89. The largest absolute Gasteiger partial charge is 0.453 e. The Bertz CT molecular complexity index is 3450. The first-order valence-corrected chi connectivity index (χ1v) is 20.6. The molecule has 2 heteroatoms. The van der Waals surface area contributed by atoms with Gasteiger partial charge in [-0.2, -0.15) is 0 Å². The lowest BCUT2D eigenvalue weighted by Gasteiger charge is -2.30. The summed E-state index contributed by atoms with van der Waals surface area (Å²) in [4.78, 5) is 2.45. The fourth-order valence-corrected chi connectivity index (χ4v) is 9.56. The molecule has 12 aromatic rings. The van der Waals surface area contributed by atoms with Crippen molar-refractivity contribution in [3.63, 3.8) is 0 Å². The van der Waals surface area contributed by atoms with Crippen molar-refractivity contribution in [2.45, 2.75) is 0 Å². The minimum Gasteiger partial charge on any atom is -0.453 e. The van der Waals surface area contributed by atoms with Crippen molar-refractivity contribution >= 4 is 82.1 Å². The summed E-state index contributed by atoms with van der Waals surface area (Å²) in [7, 11) is 0. The molecule has 1 aromatic heterocycles. The second kappa shape index (κ2) is 13.9. The summed E-state index contributed by atoms with van der Waals surface area (Å²) in [6.07, 6.45) is 0. The lowest BCUT2D eigenvalue weighted by Crippen LogP contribution is -2.13. The van der Waals surface area contributed by atoms with Crippen LogP contribution in [0, 0.1) is 0 Å². The fourth-order valence-electron chi connectivity index (χ4n) is 9.56. The van der Waals surface area contributed by atoms with Gasteiger partial charge in [-0.3, -0.25) is 0 Å². The van der Waals surface area contributed by atoms with Crippen LogP contribution in [0.4, 0.5) is 17.1 Å². The average Bonchev–Trinajstić information content (AvgIpc) is 3.72. The molecule has 0 aliphatic rings. The molecule has 11 aromatic carbocycles. The lowest BCUT2D eigenvalue weighted by atomic mass is 9.90. The molecular weight excluding hydrogens is 727 g/mol. The van der Waals surface area contributed by atoms with Crippen LogP contribution in [0.25, 0.3) is 98.4 Å². The third-order valence-electron chi connectivity index (χ3n) is 12.2. The van der Waals surface area contributed by atoms with Crippen molar-refractivity contribution in [3.8, 4) is 33.4 Å². The van der Waals surface area contributed by atoms with E-state index in [1.165, 1.54) is 54.2 Å². The molecule has 2 nitrogen and oxygen atoms in total. The van der Waals surface area contributed by atoms with Gasteiger partial charge in [0.15, 0.2) is 5.58 Å². The molecule has 1 heterocycles. The Labute approximate surface area is 347 Å². The second-order valence-electron chi connectivity index (χ2n) is 15.6. The van der Waals surface area contributed by atoms with Gasteiger partial charge in [-0.05, 0) is 90.1 Å². The maximum Gasteiger partial charge on any atom is 0.159 e. The number of rotatable bonds is 6. The van der Waals surface area contributed by atoms with E-state index in [2.05, 4.69) is 229 Å². The Morgan fingerprint density at radius 3 is 1.23 bits per heavy atom. The molecule has 0 aliphatic carbocycles. The number of furan rings is 1. The van der Waals surface area contributed by atoms with Crippen LogP contribution in [0.3, 0.4) is 0 Å². The quantitative estimate of drug-likeness (QED) is 0.157. The van der Waals surface area contributed by atoms with Crippen LogP contribution < -0.4 is 4.90 Å². The number of anilines is 3. The summed E-state index contributed by atoms with van der Waals surface area (Å²) in [6.45, 7) is 0. The highest BCUT2D eigenvalue weighted by Crippen LogP contribution is 2.51. The lowest BCUT2D eigenvalue weighted by molar-refractivity contribution is 0.670. The van der Waals surface area contributed by atoms with Gasteiger partial charge in [0.1, 0.15) is 5.58 Å². The molecule has 0 spiro atoms. The first-order valence-electron chi connectivity index (χ1n) is 20.6. The highest BCUT2D eigenvalue weighted by Gasteiger charge is 2.26. The highest BCUT2D eigenvalue weighted by atomic mass is 16.3. The summed E-state index contributed by atoms with van der Waals surface area (Å²) >= 11 is 0. The molecule has 12 rings (SSSR count). The number of para-hydroxylation sites is 4. The molecule has 0 atom stereocenters. The highest BCUT2D eigenvalue weighted by molar-refractivity contribution is 6.19. The molecule has 280 valence electrons. The summed E-state index contributed by atoms with van der Waals surface area (Å²) < 4.78 is 7.20. The van der Waals surface area contributed by atoms with Crippen LogP contribution in [0.5, 0.6) is 0 Å². The van der Waals surface area contributed by atoms with E-state index in [9.17, 15) is 0 Å². The summed E-state index contributed by atoms with van der Waals surface area (Å²) in [5.74, 6) is 0. The van der Waals surface area contributed by atoms with Gasteiger partial charge in [0, 0.05) is 27.5 Å². The van der Waals surface area contributed by atoms with Crippen molar-refractivity contribution in [1.29, 1.82) is 0 Å². The van der Waals surface area contributed by atoms with E-state index >= 15 is 0 Å². The Morgan fingerprint density at radius 2 is 0.650 bits per heavy atom. The van der Waals surface area contributed by atoms with Gasteiger partial charge in [0.05, 0.1) is 17.1 Å². The molecule has 0 unspecified atom stereocenters. The van der Waals surface area contributed by atoms with E-state index in [-0.39, 0.29) is 0 Å². The van der Waals surface area contributed by atoms with Crippen LogP contribution in [0.15, 0.2) is 229 Å². The van der Waals surface area contributed by atoms with E-state index in [1.54, 1.807) is 0 Å². The Balaban J connectivity index is 1.19. The van der Waals surface area contributed by atoms with E-state index < -0.39 is 0 Å². The van der Waals surface area contributed by atoms with Crippen LogP contribution >= 0.6 is 0 Å². The topological polar surface area (TPSA) is 16.4 Å². The Morgan fingerprint density at radius 1 is 0.250 bits per heavy atom. The van der Waals surface area contributed by atoms with Crippen LogP contribution in [0.1, 0.15) is 0 Å². The van der Waals surface area contributed by atoms with E-state index in [4.69, 9.17) is 4.42 Å². The third-order valence-corrected chi connectivity index (χ3v) is 12.2. The SMILES string of the molecule is c1ccc(-c2cccc3c2oc2c(N(c4ccccc4-c4cc5ccccc5c5ccccc45)c4ccccc4-c4cc5ccccc5c5ccccc45)cccc23)cc1. The normalized spacial score (nSPS) is 11.7. The maximum absolute atomic E-state index is 7.20. The molecule has 0 bridgehead atoms. The molecule has 60 heavy (non-hydrogen) atoms. The van der Waals surface area contributed by atoms with Gasteiger partial charge in [-0.15, -0.1) is 0 Å². The molecule has 0 saturated carbocycles. The smallest absolute Gasteiger partial charge is 0.159 e. The molecular formula is C58H37NO. The minimum absolute atomic E-state index is 0.840. The molecule has 0 fully saturated rings. The fraction of sp³-hybridized carbons (Fsp3) is 0. The number of hydrogen-bond acceptors (Lipinski definition) is 2. The number of benzene rings is 11. The van der Waals surface area contributed by atoms with Crippen molar-refractivity contribution in [2.75, 3.05) is 4.90 Å². The van der Waals surface area contributed by atoms with Gasteiger partial charge in [-0.25, -0.2) is 0 Å². The number of nitrogens with zero attached hydrogens (tertiary/aromatic N) is 1. The monoisotopic (exact) mass is 763 g/mol. The van der Waals surface area contributed by atoms with Gasteiger partial charge < -0.3 is 9.32 Å².